The Balaban J connectivity index is 2.04. The number of pyridine rings is 1. The van der Waals surface area contributed by atoms with Crippen molar-refractivity contribution in [3.63, 3.8) is 0 Å². The van der Waals surface area contributed by atoms with E-state index in [4.69, 9.17) is 0 Å². The average molecular weight is 297 g/mol. The van der Waals surface area contributed by atoms with Crippen molar-refractivity contribution in [2.24, 2.45) is 0 Å². The molecule has 1 fully saturated rings. The van der Waals surface area contributed by atoms with E-state index in [0.29, 0.717) is 4.31 Å². The van der Waals surface area contributed by atoms with Crippen molar-refractivity contribution in [1.82, 2.24) is 14.6 Å². The zero-order valence-electron chi connectivity index (χ0n) is 10.9. The summed E-state index contributed by atoms with van der Waals surface area (Å²) in [4.78, 5) is 27.5. The van der Waals surface area contributed by atoms with Crippen LogP contribution in [0.15, 0.2) is 24.5 Å². The Morgan fingerprint density at radius 1 is 1.55 bits per heavy atom. The van der Waals surface area contributed by atoms with Gasteiger partial charge in [0, 0.05) is 25.4 Å². The van der Waals surface area contributed by atoms with Gasteiger partial charge in [-0.05, 0) is 18.1 Å². The summed E-state index contributed by atoms with van der Waals surface area (Å²) in [7, 11) is -3.72. The predicted octanol–water partition coefficient (Wildman–Crippen LogP) is -0.352. The lowest BCUT2D eigenvalue weighted by Crippen LogP contribution is -2.46. The van der Waals surface area contributed by atoms with Crippen LogP contribution in [-0.2, 0) is 26.2 Å². The minimum atomic E-state index is -3.72. The van der Waals surface area contributed by atoms with Gasteiger partial charge in [0.2, 0.25) is 21.8 Å². The fraction of sp³-hybridized carbons (Fsp3) is 0.417. The van der Waals surface area contributed by atoms with Gasteiger partial charge in [-0.15, -0.1) is 0 Å². The van der Waals surface area contributed by atoms with E-state index in [1.165, 1.54) is 0 Å². The third kappa shape index (κ3) is 3.13. The Morgan fingerprint density at radius 3 is 2.90 bits per heavy atom. The van der Waals surface area contributed by atoms with Gasteiger partial charge >= 0.3 is 0 Å². The SMILES string of the molecule is CS(=O)(=O)N1C(=O)CCC1C(=O)NCc1cccnc1. The summed E-state index contributed by atoms with van der Waals surface area (Å²) >= 11 is 0. The number of nitrogens with one attached hydrogen (secondary N) is 1. The van der Waals surface area contributed by atoms with Crippen molar-refractivity contribution < 1.29 is 18.0 Å². The number of nitrogens with zero attached hydrogens (tertiary/aromatic N) is 2. The quantitative estimate of drug-likeness (QED) is 0.819. The van der Waals surface area contributed by atoms with Crippen LogP contribution in [0.3, 0.4) is 0 Å². The van der Waals surface area contributed by atoms with E-state index in [2.05, 4.69) is 10.3 Å². The molecule has 2 rings (SSSR count). The number of amides is 2. The molecule has 1 aliphatic rings. The number of hydrogen-bond donors (Lipinski definition) is 1. The van der Waals surface area contributed by atoms with Gasteiger partial charge in [0.15, 0.2) is 0 Å². The highest BCUT2D eigenvalue weighted by Crippen LogP contribution is 2.21. The molecule has 1 aromatic rings. The van der Waals surface area contributed by atoms with Crippen LogP contribution < -0.4 is 5.32 Å². The molecule has 0 radical (unpaired) electrons. The maximum atomic E-state index is 12.0. The summed E-state index contributed by atoms with van der Waals surface area (Å²) < 4.78 is 23.8. The molecule has 2 amide bonds. The standard InChI is InChI=1S/C12H15N3O4S/c1-20(18,19)15-10(4-5-11(15)16)12(17)14-8-9-3-2-6-13-7-9/h2-3,6-7,10H,4-5,8H2,1H3,(H,14,17). The van der Waals surface area contributed by atoms with E-state index >= 15 is 0 Å². The fourth-order valence-electron chi connectivity index (χ4n) is 2.12. The number of sulfonamides is 1. The van der Waals surface area contributed by atoms with E-state index in [1.54, 1.807) is 24.5 Å². The van der Waals surface area contributed by atoms with Gasteiger partial charge < -0.3 is 5.32 Å². The van der Waals surface area contributed by atoms with E-state index in [1.807, 2.05) is 0 Å². The van der Waals surface area contributed by atoms with Gasteiger partial charge in [0.05, 0.1) is 6.26 Å². The van der Waals surface area contributed by atoms with Crippen LogP contribution in [-0.4, -0.2) is 41.8 Å². The second kappa shape index (κ2) is 5.58. The number of carbonyl (C=O) groups excluding carboxylic acids is 2. The van der Waals surface area contributed by atoms with Crippen LogP contribution in [0.5, 0.6) is 0 Å². The Labute approximate surface area is 117 Å². The smallest absolute Gasteiger partial charge is 0.244 e. The molecule has 1 aliphatic heterocycles. The van der Waals surface area contributed by atoms with Crippen molar-refractivity contribution in [2.45, 2.75) is 25.4 Å². The zero-order valence-corrected chi connectivity index (χ0v) is 11.8. The molecule has 8 heteroatoms. The van der Waals surface area contributed by atoms with Crippen molar-refractivity contribution in [3.8, 4) is 0 Å². The first kappa shape index (κ1) is 14.4. The van der Waals surface area contributed by atoms with Crippen LogP contribution in [0.2, 0.25) is 0 Å². The highest BCUT2D eigenvalue weighted by atomic mass is 32.2. The van der Waals surface area contributed by atoms with Crippen LogP contribution in [0, 0.1) is 0 Å². The molecule has 20 heavy (non-hydrogen) atoms. The summed E-state index contributed by atoms with van der Waals surface area (Å²) in [6, 6.07) is 2.58. The Kier molecular flexibility index (Phi) is 4.03. The van der Waals surface area contributed by atoms with Crippen molar-refractivity contribution in [1.29, 1.82) is 0 Å². The van der Waals surface area contributed by atoms with Crippen LogP contribution in [0.4, 0.5) is 0 Å². The molecule has 0 aliphatic carbocycles. The molecule has 0 aromatic carbocycles. The molecule has 1 unspecified atom stereocenters. The van der Waals surface area contributed by atoms with E-state index in [0.717, 1.165) is 11.8 Å². The molecule has 1 saturated heterocycles. The van der Waals surface area contributed by atoms with Crippen LogP contribution in [0.1, 0.15) is 18.4 Å². The third-order valence-corrected chi connectivity index (χ3v) is 4.18. The van der Waals surface area contributed by atoms with Gasteiger partial charge in [-0.2, -0.15) is 0 Å². The van der Waals surface area contributed by atoms with Gasteiger partial charge in [-0.3, -0.25) is 14.6 Å². The molecule has 1 aromatic heterocycles. The van der Waals surface area contributed by atoms with Crippen LogP contribution >= 0.6 is 0 Å². The van der Waals surface area contributed by atoms with Gasteiger partial charge in [0.25, 0.3) is 0 Å². The molecule has 0 bridgehead atoms. The first-order valence-corrected chi connectivity index (χ1v) is 7.93. The lowest BCUT2D eigenvalue weighted by atomic mass is 10.2. The molecule has 0 saturated carbocycles. The topological polar surface area (TPSA) is 96.4 Å². The van der Waals surface area contributed by atoms with Crippen LogP contribution in [0.25, 0.3) is 0 Å². The molecule has 108 valence electrons. The minimum absolute atomic E-state index is 0.0675. The highest BCUT2D eigenvalue weighted by Gasteiger charge is 2.41. The summed E-state index contributed by atoms with van der Waals surface area (Å²) in [6.07, 6.45) is 4.43. The lowest BCUT2D eigenvalue weighted by molar-refractivity contribution is -0.130. The first-order valence-electron chi connectivity index (χ1n) is 6.08. The Hall–Kier alpha value is -1.96. The fourth-order valence-corrected chi connectivity index (χ4v) is 3.25. The lowest BCUT2D eigenvalue weighted by Gasteiger charge is -2.21. The maximum Gasteiger partial charge on any atom is 0.244 e. The second-order valence-electron chi connectivity index (χ2n) is 4.59. The number of aromatic nitrogens is 1. The summed E-state index contributed by atoms with van der Waals surface area (Å²) in [5, 5.41) is 2.63. The highest BCUT2D eigenvalue weighted by molar-refractivity contribution is 7.89. The summed E-state index contributed by atoms with van der Waals surface area (Å²) in [5.41, 5.74) is 0.802. The molecule has 0 spiro atoms. The molecule has 2 heterocycles. The minimum Gasteiger partial charge on any atom is -0.350 e. The third-order valence-electron chi connectivity index (χ3n) is 3.01. The monoisotopic (exact) mass is 297 g/mol. The van der Waals surface area contributed by atoms with E-state index in [-0.39, 0.29) is 19.4 Å². The van der Waals surface area contributed by atoms with Crippen molar-refractivity contribution >= 4 is 21.8 Å². The molecular formula is C12H15N3O4S. The Morgan fingerprint density at radius 2 is 2.30 bits per heavy atom. The molecule has 7 nitrogen and oxygen atoms in total. The van der Waals surface area contributed by atoms with E-state index in [9.17, 15) is 18.0 Å². The van der Waals surface area contributed by atoms with Crippen molar-refractivity contribution in [2.75, 3.05) is 6.26 Å². The number of carbonyl (C=O) groups is 2. The summed E-state index contributed by atoms with van der Waals surface area (Å²) in [5.74, 6) is -1.00. The first-order chi connectivity index (χ1) is 9.39. The largest absolute Gasteiger partial charge is 0.350 e. The maximum absolute atomic E-state index is 12.0. The normalized spacial score (nSPS) is 19.1. The van der Waals surface area contributed by atoms with Crippen molar-refractivity contribution in [3.05, 3.63) is 30.1 Å². The number of hydrogen-bond acceptors (Lipinski definition) is 5. The second-order valence-corrected chi connectivity index (χ2v) is 6.45. The average Bonchev–Trinajstić information content (AvgIpc) is 2.79. The zero-order chi connectivity index (χ0) is 14.8. The van der Waals surface area contributed by atoms with Gasteiger partial charge in [-0.1, -0.05) is 6.07 Å². The van der Waals surface area contributed by atoms with Gasteiger partial charge in [0.1, 0.15) is 6.04 Å². The summed E-state index contributed by atoms with van der Waals surface area (Å²) in [6.45, 7) is 0.245. The molecule has 1 atom stereocenters. The molecule has 1 N–H and O–H groups in total. The molecular weight excluding hydrogens is 282 g/mol. The number of rotatable bonds is 4. The van der Waals surface area contributed by atoms with E-state index < -0.39 is 27.9 Å². The Bertz CT molecular complexity index is 615. The predicted molar refractivity (Wildman–Crippen MR) is 70.8 cm³/mol. The van der Waals surface area contributed by atoms with Gasteiger partial charge in [-0.25, -0.2) is 12.7 Å².